The van der Waals surface area contributed by atoms with Crippen LogP contribution in [0.25, 0.3) is 10.9 Å². The Hall–Kier alpha value is -2.73. The smallest absolute Gasteiger partial charge is 0.258 e. The summed E-state index contributed by atoms with van der Waals surface area (Å²) in [6.07, 6.45) is 3.04. The Morgan fingerprint density at radius 1 is 1.22 bits per heavy atom. The highest BCUT2D eigenvalue weighted by molar-refractivity contribution is 6.05. The van der Waals surface area contributed by atoms with Crippen LogP contribution in [0.3, 0.4) is 0 Å². The van der Waals surface area contributed by atoms with Gasteiger partial charge in [0.25, 0.3) is 5.91 Å². The number of nitrogens with zero attached hydrogens (tertiary/aromatic N) is 1. The molecule has 140 valence electrons. The van der Waals surface area contributed by atoms with Crippen LogP contribution in [0.1, 0.15) is 28.0 Å². The minimum Gasteiger partial charge on any atom is -0.358 e. The van der Waals surface area contributed by atoms with Crippen LogP contribution in [0.5, 0.6) is 0 Å². The second-order valence-electron chi connectivity index (χ2n) is 7.26. The highest BCUT2D eigenvalue weighted by Gasteiger charge is 2.24. The Kier molecular flexibility index (Phi) is 4.44. The van der Waals surface area contributed by atoms with Gasteiger partial charge < -0.3 is 15.2 Å². The molecule has 27 heavy (non-hydrogen) atoms. The van der Waals surface area contributed by atoms with Crippen LogP contribution in [0.4, 0.5) is 14.5 Å². The average molecular weight is 369 g/mol. The maximum absolute atomic E-state index is 13.9. The lowest BCUT2D eigenvalue weighted by molar-refractivity contribution is 0.102. The third kappa shape index (κ3) is 3.21. The van der Waals surface area contributed by atoms with E-state index in [-0.39, 0.29) is 5.56 Å². The van der Waals surface area contributed by atoms with Crippen molar-refractivity contribution in [2.75, 3.05) is 19.4 Å². The third-order valence-electron chi connectivity index (χ3n) is 5.35. The lowest BCUT2D eigenvalue weighted by Crippen LogP contribution is -2.33. The molecule has 0 fully saturated rings. The minimum atomic E-state index is -1.14. The number of anilines is 1. The highest BCUT2D eigenvalue weighted by atomic mass is 19.2. The quantitative estimate of drug-likeness (QED) is 0.730. The largest absolute Gasteiger partial charge is 0.358 e. The van der Waals surface area contributed by atoms with Crippen molar-refractivity contribution in [2.24, 2.45) is 0 Å². The van der Waals surface area contributed by atoms with E-state index in [0.717, 1.165) is 36.2 Å². The first kappa shape index (κ1) is 17.7. The molecule has 1 unspecified atom stereocenters. The zero-order chi connectivity index (χ0) is 19.1. The van der Waals surface area contributed by atoms with Gasteiger partial charge in [-0.05, 0) is 69.3 Å². The van der Waals surface area contributed by atoms with Crippen LogP contribution in [-0.2, 0) is 12.8 Å². The van der Waals surface area contributed by atoms with Gasteiger partial charge in [0.2, 0.25) is 0 Å². The molecule has 1 aliphatic rings. The van der Waals surface area contributed by atoms with Crippen LogP contribution < -0.4 is 5.32 Å². The molecule has 6 heteroatoms. The zero-order valence-electron chi connectivity index (χ0n) is 15.3. The van der Waals surface area contributed by atoms with Gasteiger partial charge >= 0.3 is 0 Å². The molecular formula is C21H21F2N3O. The number of aromatic amines is 1. The molecule has 0 saturated carbocycles. The molecule has 1 heterocycles. The Labute approximate surface area is 156 Å². The standard InChI is InChI=1S/C21H21F2N3O/c1-26(2)13-7-9-19-16(11-13)15-10-12(6-8-18(15)25-19)24-21(27)14-4-3-5-17(22)20(14)23/h3-6,8,10,13,25H,7,9,11H2,1-2H3,(H,24,27). The Morgan fingerprint density at radius 3 is 2.81 bits per heavy atom. The number of aryl methyl sites for hydroxylation is 1. The highest BCUT2D eigenvalue weighted by Crippen LogP contribution is 2.32. The molecule has 0 spiro atoms. The third-order valence-corrected chi connectivity index (χ3v) is 5.35. The van der Waals surface area contributed by atoms with Crippen LogP contribution >= 0.6 is 0 Å². The van der Waals surface area contributed by atoms with E-state index in [9.17, 15) is 13.6 Å². The van der Waals surface area contributed by atoms with E-state index in [2.05, 4.69) is 29.3 Å². The van der Waals surface area contributed by atoms with Crippen LogP contribution in [0, 0.1) is 11.6 Å². The number of halogens is 2. The topological polar surface area (TPSA) is 48.1 Å². The fourth-order valence-electron chi connectivity index (χ4n) is 3.79. The summed E-state index contributed by atoms with van der Waals surface area (Å²) in [5.41, 5.74) is 3.78. The van der Waals surface area contributed by atoms with Crippen molar-refractivity contribution in [1.82, 2.24) is 9.88 Å². The predicted octanol–water partition coefficient (Wildman–Crippen LogP) is 4.12. The maximum atomic E-state index is 13.9. The van der Waals surface area contributed by atoms with Crippen molar-refractivity contribution in [2.45, 2.75) is 25.3 Å². The first-order valence-corrected chi connectivity index (χ1v) is 8.99. The van der Waals surface area contributed by atoms with Crippen molar-refractivity contribution in [3.05, 3.63) is 64.9 Å². The van der Waals surface area contributed by atoms with Gasteiger partial charge in [0.05, 0.1) is 5.56 Å². The van der Waals surface area contributed by atoms with Crippen molar-refractivity contribution in [3.8, 4) is 0 Å². The number of rotatable bonds is 3. The van der Waals surface area contributed by atoms with Crippen molar-refractivity contribution in [1.29, 1.82) is 0 Å². The number of H-pyrrole nitrogens is 1. The summed E-state index contributed by atoms with van der Waals surface area (Å²) in [7, 11) is 4.17. The summed E-state index contributed by atoms with van der Waals surface area (Å²) in [6.45, 7) is 0. The summed E-state index contributed by atoms with van der Waals surface area (Å²) >= 11 is 0. The SMILES string of the molecule is CN(C)C1CCc2[nH]c3ccc(NC(=O)c4cccc(F)c4F)cc3c2C1. The first-order chi connectivity index (χ1) is 12.9. The number of hydrogen-bond acceptors (Lipinski definition) is 2. The molecule has 1 amide bonds. The van der Waals surface area contributed by atoms with Gasteiger partial charge in [-0.25, -0.2) is 8.78 Å². The number of likely N-dealkylation sites (N-methyl/N-ethyl adjacent to an activating group) is 1. The molecule has 1 atom stereocenters. The molecule has 3 aromatic rings. The summed E-state index contributed by atoms with van der Waals surface area (Å²) in [5.74, 6) is -2.83. The van der Waals surface area contributed by atoms with E-state index in [0.29, 0.717) is 11.7 Å². The fourth-order valence-corrected chi connectivity index (χ4v) is 3.79. The van der Waals surface area contributed by atoms with E-state index in [1.807, 2.05) is 12.1 Å². The van der Waals surface area contributed by atoms with E-state index in [1.165, 1.54) is 23.4 Å². The van der Waals surface area contributed by atoms with Crippen LogP contribution in [0.15, 0.2) is 36.4 Å². The number of benzene rings is 2. The molecule has 4 rings (SSSR count). The van der Waals surface area contributed by atoms with Gasteiger partial charge in [-0.2, -0.15) is 0 Å². The molecule has 0 radical (unpaired) electrons. The van der Waals surface area contributed by atoms with Crippen molar-refractivity contribution >= 4 is 22.5 Å². The molecule has 2 aromatic carbocycles. The van der Waals surface area contributed by atoms with Gasteiger partial charge in [-0.1, -0.05) is 6.07 Å². The second-order valence-corrected chi connectivity index (χ2v) is 7.26. The van der Waals surface area contributed by atoms with Gasteiger partial charge in [0, 0.05) is 28.3 Å². The summed E-state index contributed by atoms with van der Waals surface area (Å²) in [5, 5.41) is 3.74. The molecule has 0 bridgehead atoms. The number of amides is 1. The number of nitrogens with one attached hydrogen (secondary N) is 2. The maximum Gasteiger partial charge on any atom is 0.258 e. The predicted molar refractivity (Wildman–Crippen MR) is 102 cm³/mol. The number of fused-ring (bicyclic) bond motifs is 3. The zero-order valence-corrected chi connectivity index (χ0v) is 15.3. The average Bonchev–Trinajstić information content (AvgIpc) is 3.01. The fraction of sp³-hybridized carbons (Fsp3) is 0.286. The molecule has 4 nitrogen and oxygen atoms in total. The van der Waals surface area contributed by atoms with E-state index < -0.39 is 17.5 Å². The molecule has 0 aliphatic heterocycles. The van der Waals surface area contributed by atoms with Crippen LogP contribution in [0.2, 0.25) is 0 Å². The first-order valence-electron chi connectivity index (χ1n) is 8.99. The van der Waals surface area contributed by atoms with E-state index in [1.54, 1.807) is 6.07 Å². The molecular weight excluding hydrogens is 348 g/mol. The Morgan fingerprint density at radius 2 is 2.04 bits per heavy atom. The second kappa shape index (κ2) is 6.78. The number of carbonyl (C=O) groups is 1. The summed E-state index contributed by atoms with van der Waals surface area (Å²) in [4.78, 5) is 18.1. The molecule has 1 aromatic heterocycles. The minimum absolute atomic E-state index is 0.307. The Bertz CT molecular complexity index is 1030. The number of aromatic nitrogens is 1. The van der Waals surface area contributed by atoms with Crippen molar-refractivity contribution < 1.29 is 13.6 Å². The molecule has 1 aliphatic carbocycles. The van der Waals surface area contributed by atoms with Gasteiger partial charge in [0.15, 0.2) is 11.6 Å². The van der Waals surface area contributed by atoms with E-state index in [4.69, 9.17) is 0 Å². The van der Waals surface area contributed by atoms with Crippen LogP contribution in [-0.4, -0.2) is 35.9 Å². The van der Waals surface area contributed by atoms with Crippen molar-refractivity contribution in [3.63, 3.8) is 0 Å². The summed E-state index contributed by atoms with van der Waals surface area (Å²) < 4.78 is 27.2. The van der Waals surface area contributed by atoms with Gasteiger partial charge in [-0.15, -0.1) is 0 Å². The number of carbonyl (C=O) groups excluding carboxylic acids is 1. The monoisotopic (exact) mass is 369 g/mol. The molecule has 0 saturated heterocycles. The van der Waals surface area contributed by atoms with Gasteiger partial charge in [0.1, 0.15) is 0 Å². The van der Waals surface area contributed by atoms with E-state index >= 15 is 0 Å². The lowest BCUT2D eigenvalue weighted by Gasteiger charge is -2.28. The Balaban J connectivity index is 1.65. The van der Waals surface area contributed by atoms with Gasteiger partial charge in [-0.3, -0.25) is 4.79 Å². The summed E-state index contributed by atoms with van der Waals surface area (Å²) in [6, 6.07) is 9.64. The normalized spacial score (nSPS) is 16.6. The lowest BCUT2D eigenvalue weighted by atomic mass is 9.91. The molecule has 2 N–H and O–H groups in total. The number of hydrogen-bond donors (Lipinski definition) is 2.